The van der Waals surface area contributed by atoms with Crippen LogP contribution in [0.25, 0.3) is 11.0 Å². The summed E-state index contributed by atoms with van der Waals surface area (Å²) in [6.45, 7) is 5.06. The fraction of sp³-hybridized carbons (Fsp3) is 0.455. The van der Waals surface area contributed by atoms with Crippen LogP contribution in [0.5, 0.6) is 0 Å². The molecule has 4 heterocycles. The minimum absolute atomic E-state index is 0.171. The molecule has 31 heavy (non-hydrogen) atoms. The molecule has 1 aliphatic heterocycles. The SMILES string of the molecule is CC1CN(c2ccc(Nc3ncc4cc(C(=O)O)n(C5CCCC5)c4n3)nc2)CCN1. The summed E-state index contributed by atoms with van der Waals surface area (Å²) in [6, 6.07) is 6.27. The number of carbonyl (C=O) groups is 1. The average Bonchev–Trinajstić information content (AvgIpc) is 3.41. The van der Waals surface area contributed by atoms with Gasteiger partial charge in [0.05, 0.1) is 11.9 Å². The van der Waals surface area contributed by atoms with Crippen LogP contribution in [0.2, 0.25) is 0 Å². The van der Waals surface area contributed by atoms with Gasteiger partial charge < -0.3 is 25.2 Å². The van der Waals surface area contributed by atoms with Gasteiger partial charge in [-0.3, -0.25) is 0 Å². The predicted octanol–water partition coefficient (Wildman–Crippen LogP) is 3.18. The normalized spacial score (nSPS) is 19.8. The fourth-order valence-corrected chi connectivity index (χ4v) is 4.69. The Morgan fingerprint density at radius 2 is 2.06 bits per heavy atom. The molecule has 5 rings (SSSR count). The largest absolute Gasteiger partial charge is 0.477 e. The zero-order chi connectivity index (χ0) is 21.4. The Hall–Kier alpha value is -3.20. The molecule has 2 fully saturated rings. The summed E-state index contributed by atoms with van der Waals surface area (Å²) in [5, 5.41) is 17.0. The number of carboxylic acid groups (broad SMARTS) is 1. The van der Waals surface area contributed by atoms with Gasteiger partial charge in [0, 0.05) is 43.3 Å². The molecule has 1 atom stereocenters. The molecule has 1 saturated heterocycles. The van der Waals surface area contributed by atoms with E-state index in [4.69, 9.17) is 0 Å². The van der Waals surface area contributed by atoms with E-state index in [2.05, 4.69) is 43.5 Å². The van der Waals surface area contributed by atoms with Crippen molar-refractivity contribution in [3.8, 4) is 0 Å². The number of nitrogens with zero attached hydrogens (tertiary/aromatic N) is 5. The van der Waals surface area contributed by atoms with E-state index in [0.717, 1.165) is 56.4 Å². The number of hydrogen-bond acceptors (Lipinski definition) is 7. The molecule has 0 aromatic carbocycles. The second-order valence-corrected chi connectivity index (χ2v) is 8.44. The molecule has 1 aliphatic carbocycles. The number of fused-ring (bicyclic) bond motifs is 1. The molecule has 9 nitrogen and oxygen atoms in total. The smallest absolute Gasteiger partial charge is 0.352 e. The zero-order valence-electron chi connectivity index (χ0n) is 17.6. The summed E-state index contributed by atoms with van der Waals surface area (Å²) in [7, 11) is 0. The summed E-state index contributed by atoms with van der Waals surface area (Å²) >= 11 is 0. The van der Waals surface area contributed by atoms with Crippen molar-refractivity contribution < 1.29 is 9.90 Å². The second kappa shape index (κ2) is 8.14. The van der Waals surface area contributed by atoms with Crippen molar-refractivity contribution >= 4 is 34.5 Å². The number of pyridine rings is 1. The summed E-state index contributed by atoms with van der Waals surface area (Å²) in [5.74, 6) is 0.139. The van der Waals surface area contributed by atoms with Crippen LogP contribution in [0.1, 0.15) is 49.1 Å². The number of piperazine rings is 1. The minimum Gasteiger partial charge on any atom is -0.477 e. The maximum atomic E-state index is 11.8. The molecule has 162 valence electrons. The molecule has 1 unspecified atom stereocenters. The lowest BCUT2D eigenvalue weighted by Crippen LogP contribution is -2.49. The van der Waals surface area contributed by atoms with Crippen LogP contribution in [0, 0.1) is 0 Å². The average molecular weight is 422 g/mol. The van der Waals surface area contributed by atoms with E-state index in [1.807, 2.05) is 16.8 Å². The Balaban J connectivity index is 1.40. The van der Waals surface area contributed by atoms with Crippen LogP contribution in [-0.2, 0) is 0 Å². The third-order valence-corrected chi connectivity index (χ3v) is 6.21. The lowest BCUT2D eigenvalue weighted by Gasteiger charge is -2.33. The monoisotopic (exact) mass is 421 g/mol. The number of anilines is 3. The molecule has 0 spiro atoms. The first-order valence-electron chi connectivity index (χ1n) is 10.9. The summed E-state index contributed by atoms with van der Waals surface area (Å²) in [4.78, 5) is 27.7. The molecular weight excluding hydrogens is 394 g/mol. The van der Waals surface area contributed by atoms with Crippen LogP contribution < -0.4 is 15.5 Å². The van der Waals surface area contributed by atoms with Gasteiger partial charge in [-0.1, -0.05) is 12.8 Å². The van der Waals surface area contributed by atoms with E-state index in [1.54, 1.807) is 12.3 Å². The van der Waals surface area contributed by atoms with Gasteiger partial charge in [-0.25, -0.2) is 14.8 Å². The standard InChI is InChI=1S/C22H27N7O2/c1-14-13-28(9-8-23-14)17-6-7-19(24-12-17)26-22-25-11-15-10-18(21(30)31)29(20(15)27-22)16-4-2-3-5-16/h6-7,10-12,14,16,23H,2-5,8-9,13H2,1H3,(H,30,31)(H,24,25,26,27). The number of rotatable bonds is 5. The molecule has 2 aliphatic rings. The van der Waals surface area contributed by atoms with Gasteiger partial charge in [0.2, 0.25) is 5.95 Å². The van der Waals surface area contributed by atoms with E-state index in [9.17, 15) is 9.90 Å². The van der Waals surface area contributed by atoms with Gasteiger partial charge in [-0.05, 0) is 38.0 Å². The van der Waals surface area contributed by atoms with Crippen molar-refractivity contribution in [3.05, 3.63) is 36.3 Å². The zero-order valence-corrected chi connectivity index (χ0v) is 17.6. The van der Waals surface area contributed by atoms with Crippen molar-refractivity contribution in [1.82, 2.24) is 24.8 Å². The topological polar surface area (TPSA) is 108 Å². The molecule has 0 bridgehead atoms. The molecule has 0 radical (unpaired) electrons. The van der Waals surface area contributed by atoms with Gasteiger partial charge in [0.25, 0.3) is 0 Å². The third-order valence-electron chi connectivity index (χ3n) is 6.21. The molecule has 3 N–H and O–H groups in total. The first-order valence-corrected chi connectivity index (χ1v) is 10.9. The van der Waals surface area contributed by atoms with E-state index in [1.165, 1.54) is 0 Å². The Labute approximate surface area is 180 Å². The summed E-state index contributed by atoms with van der Waals surface area (Å²) < 4.78 is 1.87. The van der Waals surface area contributed by atoms with E-state index in [0.29, 0.717) is 23.5 Å². The highest BCUT2D eigenvalue weighted by atomic mass is 16.4. The van der Waals surface area contributed by atoms with E-state index >= 15 is 0 Å². The highest BCUT2D eigenvalue weighted by Crippen LogP contribution is 2.34. The van der Waals surface area contributed by atoms with Crippen molar-refractivity contribution in [2.75, 3.05) is 29.9 Å². The number of aromatic nitrogens is 4. The third kappa shape index (κ3) is 3.93. The molecule has 1 saturated carbocycles. The van der Waals surface area contributed by atoms with Crippen LogP contribution >= 0.6 is 0 Å². The van der Waals surface area contributed by atoms with Crippen molar-refractivity contribution in [2.45, 2.75) is 44.7 Å². The highest BCUT2D eigenvalue weighted by Gasteiger charge is 2.25. The summed E-state index contributed by atoms with van der Waals surface area (Å²) in [6.07, 6.45) is 7.72. The highest BCUT2D eigenvalue weighted by molar-refractivity contribution is 5.93. The Kier molecular flexibility index (Phi) is 5.19. The van der Waals surface area contributed by atoms with Crippen molar-refractivity contribution in [2.24, 2.45) is 0 Å². The fourth-order valence-electron chi connectivity index (χ4n) is 4.69. The first-order chi connectivity index (χ1) is 15.1. The quantitative estimate of drug-likeness (QED) is 0.576. The molecular formula is C22H27N7O2. The van der Waals surface area contributed by atoms with Crippen LogP contribution in [0.15, 0.2) is 30.6 Å². The maximum absolute atomic E-state index is 11.8. The lowest BCUT2D eigenvalue weighted by molar-refractivity contribution is 0.0683. The van der Waals surface area contributed by atoms with Crippen molar-refractivity contribution in [3.63, 3.8) is 0 Å². The molecule has 0 amide bonds. The van der Waals surface area contributed by atoms with Gasteiger partial charge in [0.15, 0.2) is 0 Å². The number of nitrogens with one attached hydrogen (secondary N) is 2. The van der Waals surface area contributed by atoms with Crippen molar-refractivity contribution in [1.29, 1.82) is 0 Å². The van der Waals surface area contributed by atoms with Gasteiger partial charge in [-0.2, -0.15) is 4.98 Å². The predicted molar refractivity (Wildman–Crippen MR) is 119 cm³/mol. The second-order valence-electron chi connectivity index (χ2n) is 8.44. The molecule has 9 heteroatoms. The summed E-state index contributed by atoms with van der Waals surface area (Å²) in [5.41, 5.74) is 2.03. The van der Waals surface area contributed by atoms with Gasteiger partial charge in [0.1, 0.15) is 17.2 Å². The van der Waals surface area contributed by atoms with Crippen LogP contribution in [-0.4, -0.2) is 56.3 Å². The Bertz CT molecular complexity index is 1090. The molecule has 3 aromatic heterocycles. The minimum atomic E-state index is -0.932. The molecule has 3 aromatic rings. The first kappa shape index (κ1) is 19.7. The van der Waals surface area contributed by atoms with Gasteiger partial charge in [-0.15, -0.1) is 0 Å². The van der Waals surface area contributed by atoms with Crippen LogP contribution in [0.3, 0.4) is 0 Å². The number of carboxylic acids is 1. The lowest BCUT2D eigenvalue weighted by atomic mass is 10.2. The van der Waals surface area contributed by atoms with E-state index in [-0.39, 0.29) is 11.7 Å². The van der Waals surface area contributed by atoms with E-state index < -0.39 is 5.97 Å². The maximum Gasteiger partial charge on any atom is 0.352 e. The van der Waals surface area contributed by atoms with Crippen LogP contribution in [0.4, 0.5) is 17.5 Å². The Morgan fingerprint density at radius 3 is 2.77 bits per heavy atom. The number of hydrogen-bond donors (Lipinski definition) is 3. The Morgan fingerprint density at radius 1 is 1.23 bits per heavy atom. The number of aromatic carboxylic acids is 1. The van der Waals surface area contributed by atoms with Gasteiger partial charge >= 0.3 is 5.97 Å².